The molecule has 0 atom stereocenters. The molecule has 5 nitrogen and oxygen atoms in total. The minimum Gasteiger partial charge on any atom is -0.486 e. The summed E-state index contributed by atoms with van der Waals surface area (Å²) in [5, 5.41) is 0. The van der Waals surface area contributed by atoms with E-state index in [1.165, 1.54) is 6.20 Å². The molecule has 0 spiro atoms. The highest BCUT2D eigenvalue weighted by atomic mass is 32.2. The maximum Gasteiger partial charge on any atom is 0.246 e. The zero-order chi connectivity index (χ0) is 15.7. The Morgan fingerprint density at radius 3 is 2.64 bits per heavy atom. The molecule has 8 heteroatoms. The van der Waals surface area contributed by atoms with Gasteiger partial charge in [-0.15, -0.1) is 0 Å². The van der Waals surface area contributed by atoms with Crippen LogP contribution in [-0.4, -0.2) is 36.9 Å². The van der Waals surface area contributed by atoms with E-state index in [1.807, 2.05) is 0 Å². The Labute approximate surface area is 126 Å². The van der Waals surface area contributed by atoms with Gasteiger partial charge in [-0.25, -0.2) is 17.2 Å². The first-order chi connectivity index (χ1) is 10.5. The summed E-state index contributed by atoms with van der Waals surface area (Å²) in [6.45, 7) is 0.210. The number of halogens is 2. The van der Waals surface area contributed by atoms with Crippen molar-refractivity contribution in [2.24, 2.45) is 0 Å². The number of ether oxygens (including phenoxy) is 1. The highest BCUT2D eigenvalue weighted by Gasteiger charge is 2.39. The quantitative estimate of drug-likeness (QED) is 0.860. The molecule has 1 saturated heterocycles. The van der Waals surface area contributed by atoms with Crippen LogP contribution in [0.25, 0.3) is 0 Å². The average molecular weight is 326 g/mol. The molecule has 116 valence electrons. The fourth-order valence-electron chi connectivity index (χ4n) is 2.10. The Balaban J connectivity index is 1.69. The molecule has 0 amide bonds. The number of aromatic nitrogens is 1. The number of hydrogen-bond acceptors (Lipinski definition) is 4. The lowest BCUT2D eigenvalue weighted by molar-refractivity contribution is 0.0757. The largest absolute Gasteiger partial charge is 0.486 e. The molecular formula is C14H12F2N2O3S. The van der Waals surface area contributed by atoms with Gasteiger partial charge < -0.3 is 4.74 Å². The Bertz CT molecular complexity index is 778. The summed E-state index contributed by atoms with van der Waals surface area (Å²) in [6.07, 6.45) is 2.81. The third-order valence-corrected chi connectivity index (χ3v) is 5.13. The maximum atomic E-state index is 13.6. The van der Waals surface area contributed by atoms with E-state index < -0.39 is 26.6 Å². The molecule has 3 rings (SSSR count). The fraction of sp³-hybridized carbons (Fsp3) is 0.214. The number of hydrogen-bond donors (Lipinski definition) is 0. The third-order valence-electron chi connectivity index (χ3n) is 3.26. The molecule has 1 aromatic heterocycles. The van der Waals surface area contributed by atoms with Crippen molar-refractivity contribution in [2.75, 3.05) is 13.1 Å². The minimum absolute atomic E-state index is 0.105. The lowest BCUT2D eigenvalue weighted by Crippen LogP contribution is -2.56. The Morgan fingerprint density at radius 2 is 2.00 bits per heavy atom. The highest BCUT2D eigenvalue weighted by Crippen LogP contribution is 2.26. The first-order valence-electron chi connectivity index (χ1n) is 6.49. The molecule has 0 N–H and O–H groups in total. The van der Waals surface area contributed by atoms with Crippen LogP contribution < -0.4 is 4.74 Å². The summed E-state index contributed by atoms with van der Waals surface area (Å²) >= 11 is 0. The summed E-state index contributed by atoms with van der Waals surface area (Å²) in [5.74, 6) is -1.38. The van der Waals surface area contributed by atoms with Crippen LogP contribution in [0.3, 0.4) is 0 Å². The Morgan fingerprint density at radius 1 is 1.23 bits per heavy atom. The molecule has 0 saturated carbocycles. The highest BCUT2D eigenvalue weighted by molar-refractivity contribution is 7.89. The molecule has 1 aliphatic rings. The van der Waals surface area contributed by atoms with Gasteiger partial charge in [-0.2, -0.15) is 4.31 Å². The lowest BCUT2D eigenvalue weighted by Gasteiger charge is -2.37. The van der Waals surface area contributed by atoms with Gasteiger partial charge in [0.1, 0.15) is 28.4 Å². The van der Waals surface area contributed by atoms with Crippen LogP contribution in [0, 0.1) is 11.6 Å². The van der Waals surface area contributed by atoms with Crippen molar-refractivity contribution in [1.29, 1.82) is 0 Å². The molecule has 1 fully saturated rings. The number of rotatable bonds is 4. The van der Waals surface area contributed by atoms with Gasteiger partial charge in [0, 0.05) is 12.3 Å². The number of pyridine rings is 1. The van der Waals surface area contributed by atoms with Crippen LogP contribution >= 0.6 is 0 Å². The van der Waals surface area contributed by atoms with Gasteiger partial charge in [0.05, 0.1) is 19.3 Å². The van der Waals surface area contributed by atoms with Crippen LogP contribution in [0.4, 0.5) is 8.78 Å². The van der Waals surface area contributed by atoms with Gasteiger partial charge in [-0.05, 0) is 24.3 Å². The van der Waals surface area contributed by atoms with E-state index >= 15 is 0 Å². The SMILES string of the molecule is O=S(=O)(c1ccc(F)cc1F)N1CC(Oc2cccnc2)C1. The second kappa shape index (κ2) is 5.62. The molecule has 0 unspecified atom stereocenters. The normalized spacial score (nSPS) is 16.3. The molecule has 1 aliphatic heterocycles. The van der Waals surface area contributed by atoms with E-state index in [0.29, 0.717) is 11.8 Å². The van der Waals surface area contributed by atoms with E-state index in [1.54, 1.807) is 18.3 Å². The first-order valence-corrected chi connectivity index (χ1v) is 7.93. The minimum atomic E-state index is -3.98. The summed E-state index contributed by atoms with van der Waals surface area (Å²) in [5.41, 5.74) is 0. The Kier molecular flexibility index (Phi) is 3.79. The predicted octanol–water partition coefficient (Wildman–Crippen LogP) is 1.81. The van der Waals surface area contributed by atoms with Crippen molar-refractivity contribution in [1.82, 2.24) is 9.29 Å². The van der Waals surface area contributed by atoms with Crippen LogP contribution in [0.2, 0.25) is 0 Å². The summed E-state index contributed by atoms with van der Waals surface area (Å²) < 4.78 is 57.6. The number of benzene rings is 1. The summed E-state index contributed by atoms with van der Waals surface area (Å²) in [6, 6.07) is 5.81. The van der Waals surface area contributed by atoms with Crippen LogP contribution in [0.15, 0.2) is 47.6 Å². The molecule has 1 aromatic carbocycles. The van der Waals surface area contributed by atoms with Crippen molar-refractivity contribution in [3.8, 4) is 5.75 Å². The van der Waals surface area contributed by atoms with Crippen LogP contribution in [0.5, 0.6) is 5.75 Å². The first kappa shape index (κ1) is 14.9. The second-order valence-electron chi connectivity index (χ2n) is 4.83. The van der Waals surface area contributed by atoms with Crippen molar-refractivity contribution in [3.63, 3.8) is 0 Å². The van der Waals surface area contributed by atoms with Crippen molar-refractivity contribution in [3.05, 3.63) is 54.4 Å². The van der Waals surface area contributed by atoms with Gasteiger partial charge in [0.2, 0.25) is 10.0 Å². The summed E-state index contributed by atoms with van der Waals surface area (Å²) in [7, 11) is -3.98. The van der Waals surface area contributed by atoms with E-state index in [2.05, 4.69) is 4.98 Å². The smallest absolute Gasteiger partial charge is 0.246 e. The monoisotopic (exact) mass is 326 g/mol. The van der Waals surface area contributed by atoms with Gasteiger partial charge in [-0.3, -0.25) is 4.98 Å². The molecule has 2 aromatic rings. The summed E-state index contributed by atoms with van der Waals surface area (Å²) in [4.78, 5) is 3.36. The van der Waals surface area contributed by atoms with Gasteiger partial charge in [0.15, 0.2) is 0 Å². The van der Waals surface area contributed by atoms with Crippen LogP contribution in [-0.2, 0) is 10.0 Å². The van der Waals surface area contributed by atoms with Crippen LogP contribution in [0.1, 0.15) is 0 Å². The second-order valence-corrected chi connectivity index (χ2v) is 6.73. The molecule has 22 heavy (non-hydrogen) atoms. The standard InChI is InChI=1S/C14H12F2N2O3S/c15-10-3-4-14(13(16)6-10)22(19,20)18-8-12(9-18)21-11-2-1-5-17-7-11/h1-7,12H,8-9H2. The molecule has 0 aliphatic carbocycles. The van der Waals surface area contributed by atoms with E-state index in [0.717, 1.165) is 16.4 Å². The molecular weight excluding hydrogens is 314 g/mol. The zero-order valence-electron chi connectivity index (χ0n) is 11.3. The van der Waals surface area contributed by atoms with Crippen molar-refractivity contribution in [2.45, 2.75) is 11.0 Å². The average Bonchev–Trinajstić information content (AvgIpc) is 2.43. The van der Waals surface area contributed by atoms with Gasteiger partial charge in [0.25, 0.3) is 0 Å². The number of nitrogens with zero attached hydrogens (tertiary/aromatic N) is 2. The molecule has 0 bridgehead atoms. The van der Waals surface area contributed by atoms with E-state index in [4.69, 9.17) is 4.74 Å². The van der Waals surface area contributed by atoms with E-state index in [-0.39, 0.29) is 19.2 Å². The molecule has 0 radical (unpaired) electrons. The Hall–Kier alpha value is -2.06. The van der Waals surface area contributed by atoms with Gasteiger partial charge >= 0.3 is 0 Å². The lowest BCUT2D eigenvalue weighted by atomic mass is 10.2. The predicted molar refractivity (Wildman–Crippen MR) is 73.8 cm³/mol. The van der Waals surface area contributed by atoms with Crippen molar-refractivity contribution < 1.29 is 21.9 Å². The van der Waals surface area contributed by atoms with Gasteiger partial charge in [-0.1, -0.05) is 0 Å². The fourth-order valence-corrected chi connectivity index (χ4v) is 3.65. The zero-order valence-corrected chi connectivity index (χ0v) is 12.1. The maximum absolute atomic E-state index is 13.6. The van der Waals surface area contributed by atoms with E-state index in [9.17, 15) is 17.2 Å². The molecule has 2 heterocycles. The topological polar surface area (TPSA) is 59.5 Å². The van der Waals surface area contributed by atoms with Crippen molar-refractivity contribution >= 4 is 10.0 Å². The number of sulfonamides is 1. The third kappa shape index (κ3) is 2.79.